The van der Waals surface area contributed by atoms with Crippen molar-refractivity contribution in [3.63, 3.8) is 0 Å². The maximum atomic E-state index is 10.2. The van der Waals surface area contributed by atoms with Crippen molar-refractivity contribution in [3.8, 4) is 0 Å². The number of nitrogens with zero attached hydrogens (tertiary/aromatic N) is 3. The minimum Gasteiger partial charge on any atom is -0.267 e. The van der Waals surface area contributed by atoms with E-state index in [-0.39, 0.29) is 17.0 Å². The molecule has 0 atom stereocenters. The Bertz CT molecular complexity index is 311. The first-order chi connectivity index (χ1) is 5.89. The molecular formula is C8H13N3O2. The molecule has 0 unspecified atom stereocenters. The lowest BCUT2D eigenvalue weighted by atomic mass is 10.1. The van der Waals surface area contributed by atoms with E-state index in [1.165, 1.54) is 6.20 Å². The highest BCUT2D eigenvalue weighted by Crippen LogP contribution is 2.13. The summed E-state index contributed by atoms with van der Waals surface area (Å²) in [5, 5.41) is 14.2. The predicted molar refractivity (Wildman–Crippen MR) is 47.9 cm³/mol. The van der Waals surface area contributed by atoms with E-state index in [0.29, 0.717) is 5.56 Å². The number of rotatable bonds is 2. The van der Waals surface area contributed by atoms with Gasteiger partial charge in [-0.3, -0.25) is 14.8 Å². The molecule has 5 heteroatoms. The molecule has 0 fully saturated rings. The predicted octanol–water partition coefficient (Wildman–Crippen LogP) is 1.41. The Morgan fingerprint density at radius 2 is 2.23 bits per heavy atom. The second-order valence-corrected chi connectivity index (χ2v) is 3.95. The molecule has 1 aromatic rings. The number of hydrogen-bond donors (Lipinski definition) is 0. The molecule has 72 valence electrons. The molecule has 0 bridgehead atoms. The van der Waals surface area contributed by atoms with Gasteiger partial charge in [-0.15, -0.1) is 0 Å². The molecule has 0 aliphatic carbocycles. The van der Waals surface area contributed by atoms with Crippen molar-refractivity contribution in [2.45, 2.75) is 32.9 Å². The van der Waals surface area contributed by atoms with Gasteiger partial charge in [0.1, 0.15) is 0 Å². The van der Waals surface area contributed by atoms with E-state index < -0.39 is 0 Å². The van der Waals surface area contributed by atoms with Crippen LogP contribution in [0.4, 0.5) is 0 Å². The molecule has 1 heterocycles. The Balaban J connectivity index is 2.81. The third-order valence-electron chi connectivity index (χ3n) is 1.64. The van der Waals surface area contributed by atoms with Gasteiger partial charge in [0.15, 0.2) is 0 Å². The van der Waals surface area contributed by atoms with Crippen LogP contribution in [0.1, 0.15) is 26.3 Å². The zero-order valence-electron chi connectivity index (χ0n) is 8.02. The summed E-state index contributed by atoms with van der Waals surface area (Å²) >= 11 is 0. The van der Waals surface area contributed by atoms with Crippen LogP contribution < -0.4 is 0 Å². The Morgan fingerprint density at radius 3 is 2.62 bits per heavy atom. The van der Waals surface area contributed by atoms with Crippen molar-refractivity contribution in [1.82, 2.24) is 9.78 Å². The molecule has 1 rings (SSSR count). The topological polar surface area (TPSA) is 61.0 Å². The fourth-order valence-electron chi connectivity index (χ4n) is 0.958. The summed E-state index contributed by atoms with van der Waals surface area (Å²) in [5.41, 5.74) is 0.523. The number of hydrogen-bond acceptors (Lipinski definition) is 3. The van der Waals surface area contributed by atoms with Crippen LogP contribution in [-0.2, 0) is 12.1 Å². The molecule has 1 aromatic heterocycles. The van der Waals surface area contributed by atoms with Crippen LogP contribution in [0.3, 0.4) is 0 Å². The Hall–Kier alpha value is -1.39. The van der Waals surface area contributed by atoms with Crippen molar-refractivity contribution in [1.29, 1.82) is 0 Å². The first-order valence-electron chi connectivity index (χ1n) is 4.05. The SMILES string of the molecule is CC(C)(C)n1cc(C[N+](=O)[O-])cn1. The summed E-state index contributed by atoms with van der Waals surface area (Å²) in [4.78, 5) is 9.84. The van der Waals surface area contributed by atoms with Gasteiger partial charge < -0.3 is 0 Å². The highest BCUT2D eigenvalue weighted by Gasteiger charge is 2.15. The molecule has 0 aromatic carbocycles. The zero-order valence-corrected chi connectivity index (χ0v) is 8.02. The summed E-state index contributed by atoms with van der Waals surface area (Å²) in [5.74, 6) is 0. The van der Waals surface area contributed by atoms with Crippen LogP contribution >= 0.6 is 0 Å². The molecule has 0 radical (unpaired) electrons. The molecule has 0 amide bonds. The van der Waals surface area contributed by atoms with E-state index in [2.05, 4.69) is 5.10 Å². The Labute approximate surface area is 76.5 Å². The lowest BCUT2D eigenvalue weighted by Gasteiger charge is -2.18. The van der Waals surface area contributed by atoms with E-state index in [9.17, 15) is 10.1 Å². The van der Waals surface area contributed by atoms with Gasteiger partial charge in [-0.25, -0.2) is 0 Å². The fourth-order valence-corrected chi connectivity index (χ4v) is 0.958. The van der Waals surface area contributed by atoms with Crippen LogP contribution in [0.25, 0.3) is 0 Å². The minimum atomic E-state index is -0.357. The third kappa shape index (κ3) is 2.54. The van der Waals surface area contributed by atoms with E-state index in [4.69, 9.17) is 0 Å². The molecule has 5 nitrogen and oxygen atoms in total. The van der Waals surface area contributed by atoms with Gasteiger partial charge in [-0.05, 0) is 20.8 Å². The Morgan fingerprint density at radius 1 is 1.62 bits per heavy atom. The normalized spacial score (nSPS) is 11.6. The van der Waals surface area contributed by atoms with Gasteiger partial charge >= 0.3 is 0 Å². The zero-order chi connectivity index (χ0) is 10.1. The van der Waals surface area contributed by atoms with Crippen LogP contribution in [-0.4, -0.2) is 14.7 Å². The molecule has 0 N–H and O–H groups in total. The average molecular weight is 183 g/mol. The van der Waals surface area contributed by atoms with Gasteiger partial charge in [-0.1, -0.05) is 0 Å². The second-order valence-electron chi connectivity index (χ2n) is 3.95. The van der Waals surface area contributed by atoms with Crippen LogP contribution in [0.2, 0.25) is 0 Å². The van der Waals surface area contributed by atoms with Crippen LogP contribution in [0.5, 0.6) is 0 Å². The van der Waals surface area contributed by atoms with Gasteiger partial charge in [0.05, 0.1) is 17.3 Å². The van der Waals surface area contributed by atoms with Gasteiger partial charge in [0.2, 0.25) is 6.54 Å². The van der Waals surface area contributed by atoms with Crippen molar-refractivity contribution >= 4 is 0 Å². The lowest BCUT2D eigenvalue weighted by molar-refractivity contribution is -0.496. The first kappa shape index (κ1) is 9.70. The van der Waals surface area contributed by atoms with E-state index in [0.717, 1.165) is 0 Å². The largest absolute Gasteiger partial charge is 0.267 e. The van der Waals surface area contributed by atoms with E-state index in [1.807, 2.05) is 20.8 Å². The van der Waals surface area contributed by atoms with Crippen molar-refractivity contribution in [2.75, 3.05) is 0 Å². The maximum absolute atomic E-state index is 10.2. The third-order valence-corrected chi connectivity index (χ3v) is 1.64. The standard InChI is InChI=1S/C8H13N3O2/c1-8(2,3)10-5-7(4-9-10)6-11(12)13/h4-5H,6H2,1-3H3. The van der Waals surface area contributed by atoms with E-state index >= 15 is 0 Å². The second kappa shape index (κ2) is 3.16. The molecule has 0 aliphatic rings. The summed E-state index contributed by atoms with van der Waals surface area (Å²) in [6, 6.07) is 0. The van der Waals surface area contributed by atoms with Gasteiger partial charge in [0, 0.05) is 11.1 Å². The molecule has 0 spiro atoms. The highest BCUT2D eigenvalue weighted by atomic mass is 16.6. The fraction of sp³-hybridized carbons (Fsp3) is 0.625. The lowest BCUT2D eigenvalue weighted by Crippen LogP contribution is -2.21. The molecule has 0 saturated heterocycles. The quantitative estimate of drug-likeness (QED) is 0.514. The van der Waals surface area contributed by atoms with Crippen molar-refractivity contribution in [3.05, 3.63) is 28.1 Å². The minimum absolute atomic E-state index is 0.116. The summed E-state index contributed by atoms with van der Waals surface area (Å²) in [6.45, 7) is 5.83. The summed E-state index contributed by atoms with van der Waals surface area (Å²) in [7, 11) is 0. The number of nitro groups is 1. The molecule has 13 heavy (non-hydrogen) atoms. The van der Waals surface area contributed by atoms with Crippen molar-refractivity contribution in [2.24, 2.45) is 0 Å². The number of aromatic nitrogens is 2. The van der Waals surface area contributed by atoms with Crippen molar-refractivity contribution < 1.29 is 4.92 Å². The monoisotopic (exact) mass is 183 g/mol. The maximum Gasteiger partial charge on any atom is 0.231 e. The Kier molecular flexibility index (Phi) is 2.36. The van der Waals surface area contributed by atoms with Crippen LogP contribution in [0, 0.1) is 10.1 Å². The molecule has 0 aliphatic heterocycles. The molecule has 0 saturated carbocycles. The van der Waals surface area contributed by atoms with Crippen LogP contribution in [0.15, 0.2) is 12.4 Å². The average Bonchev–Trinajstić information content (AvgIpc) is 2.32. The summed E-state index contributed by atoms with van der Waals surface area (Å²) in [6.07, 6.45) is 3.25. The van der Waals surface area contributed by atoms with Gasteiger partial charge in [0.25, 0.3) is 0 Å². The van der Waals surface area contributed by atoms with E-state index in [1.54, 1.807) is 10.9 Å². The summed E-state index contributed by atoms with van der Waals surface area (Å²) < 4.78 is 1.73. The first-order valence-corrected chi connectivity index (χ1v) is 4.05. The smallest absolute Gasteiger partial charge is 0.231 e. The van der Waals surface area contributed by atoms with Gasteiger partial charge in [-0.2, -0.15) is 5.10 Å². The highest BCUT2D eigenvalue weighted by molar-refractivity contribution is 5.03. The molecular weight excluding hydrogens is 170 g/mol.